The fourth-order valence-electron chi connectivity index (χ4n) is 4.53. The molecular formula is C31H31N3O2. The summed E-state index contributed by atoms with van der Waals surface area (Å²) in [6.45, 7) is 4.65. The number of rotatable bonds is 8. The molecule has 1 amide bonds. The van der Waals surface area contributed by atoms with Crippen LogP contribution in [0.1, 0.15) is 16.7 Å². The van der Waals surface area contributed by atoms with Gasteiger partial charge in [-0.1, -0.05) is 72.8 Å². The molecule has 5 rings (SSSR count). The van der Waals surface area contributed by atoms with Crippen LogP contribution in [0, 0.1) is 0 Å². The van der Waals surface area contributed by atoms with Crippen molar-refractivity contribution in [1.29, 1.82) is 0 Å². The Morgan fingerprint density at radius 1 is 0.750 bits per heavy atom. The molecule has 0 N–H and O–H groups in total. The third-order valence-electron chi connectivity index (χ3n) is 6.57. The number of ether oxygens (including phenoxy) is 1. The number of piperazine rings is 1. The molecule has 2 heterocycles. The van der Waals surface area contributed by atoms with E-state index >= 15 is 0 Å². The number of hydrogen-bond acceptors (Lipinski definition) is 4. The van der Waals surface area contributed by atoms with E-state index in [9.17, 15) is 4.79 Å². The molecule has 1 saturated heterocycles. The monoisotopic (exact) mass is 477 g/mol. The minimum atomic E-state index is 0.176. The number of hydrogen-bond donors (Lipinski definition) is 0. The second kappa shape index (κ2) is 11.6. The van der Waals surface area contributed by atoms with Crippen LogP contribution in [0.4, 0.5) is 0 Å². The summed E-state index contributed by atoms with van der Waals surface area (Å²) in [7, 11) is 0. The Kier molecular flexibility index (Phi) is 7.69. The van der Waals surface area contributed by atoms with Crippen molar-refractivity contribution in [2.45, 2.75) is 19.6 Å². The van der Waals surface area contributed by atoms with Crippen LogP contribution in [-0.4, -0.2) is 46.9 Å². The molecule has 4 aromatic rings. The van der Waals surface area contributed by atoms with Crippen LogP contribution >= 0.6 is 0 Å². The molecule has 1 aliphatic rings. The van der Waals surface area contributed by atoms with Gasteiger partial charge in [0.25, 0.3) is 0 Å². The first-order valence-corrected chi connectivity index (χ1v) is 12.5. The minimum absolute atomic E-state index is 0.176. The second-order valence-corrected chi connectivity index (χ2v) is 9.19. The van der Waals surface area contributed by atoms with Gasteiger partial charge in [0, 0.05) is 45.1 Å². The van der Waals surface area contributed by atoms with Gasteiger partial charge in [0.2, 0.25) is 5.91 Å². The van der Waals surface area contributed by atoms with E-state index in [4.69, 9.17) is 4.74 Å². The van der Waals surface area contributed by atoms with Crippen molar-refractivity contribution in [3.8, 4) is 16.9 Å². The van der Waals surface area contributed by atoms with E-state index in [1.54, 1.807) is 12.4 Å². The lowest BCUT2D eigenvalue weighted by Gasteiger charge is -2.34. The van der Waals surface area contributed by atoms with Crippen LogP contribution in [0.15, 0.2) is 103 Å². The highest BCUT2D eigenvalue weighted by Crippen LogP contribution is 2.21. The maximum absolute atomic E-state index is 12.6. The zero-order chi connectivity index (χ0) is 24.6. The summed E-state index contributed by atoms with van der Waals surface area (Å²) in [5, 5.41) is 0. The maximum atomic E-state index is 12.6. The van der Waals surface area contributed by atoms with E-state index in [-0.39, 0.29) is 5.91 Å². The lowest BCUT2D eigenvalue weighted by Crippen LogP contribution is -2.48. The van der Waals surface area contributed by atoms with Crippen molar-refractivity contribution in [2.75, 3.05) is 26.2 Å². The molecule has 1 fully saturated rings. The van der Waals surface area contributed by atoms with Crippen molar-refractivity contribution in [2.24, 2.45) is 0 Å². The molecule has 5 nitrogen and oxygen atoms in total. The molecule has 0 unspecified atom stereocenters. The number of amides is 1. The van der Waals surface area contributed by atoms with Crippen LogP contribution in [0.3, 0.4) is 0 Å². The number of nitrogens with zero attached hydrogens (tertiary/aromatic N) is 3. The quantitative estimate of drug-likeness (QED) is 0.349. The molecule has 0 saturated carbocycles. The molecule has 182 valence electrons. The van der Waals surface area contributed by atoms with Gasteiger partial charge in [-0.05, 0) is 46.0 Å². The van der Waals surface area contributed by atoms with E-state index in [1.807, 2.05) is 29.2 Å². The third kappa shape index (κ3) is 6.37. The van der Waals surface area contributed by atoms with Gasteiger partial charge >= 0.3 is 0 Å². The van der Waals surface area contributed by atoms with Crippen LogP contribution in [0.5, 0.6) is 5.75 Å². The average molecular weight is 478 g/mol. The van der Waals surface area contributed by atoms with Crippen molar-refractivity contribution >= 4 is 5.91 Å². The third-order valence-corrected chi connectivity index (χ3v) is 6.57. The molecular weight excluding hydrogens is 446 g/mol. The first-order chi connectivity index (χ1) is 17.7. The predicted octanol–water partition coefficient (Wildman–Crippen LogP) is 5.21. The lowest BCUT2D eigenvalue weighted by atomic mass is 10.0. The van der Waals surface area contributed by atoms with Gasteiger partial charge in [0.1, 0.15) is 12.4 Å². The fraction of sp³-hybridized carbons (Fsp3) is 0.226. The Balaban J connectivity index is 1.09. The van der Waals surface area contributed by atoms with Crippen molar-refractivity contribution in [3.05, 3.63) is 120 Å². The van der Waals surface area contributed by atoms with E-state index < -0.39 is 0 Å². The molecule has 0 aliphatic carbocycles. The number of aromatic nitrogens is 1. The standard InChI is InChI=1S/C31H31N3O2/c35-31(21-26-7-5-15-32-22-26)34-18-16-33(17-19-34)23-27-6-4-10-30(20-27)36-24-25-11-13-29(14-12-25)28-8-2-1-3-9-28/h1-15,20,22H,16-19,21,23-24H2. The number of pyridine rings is 1. The van der Waals surface area contributed by atoms with E-state index in [0.717, 1.165) is 49.6 Å². The highest BCUT2D eigenvalue weighted by molar-refractivity contribution is 5.78. The molecule has 5 heteroatoms. The molecule has 0 atom stereocenters. The van der Waals surface area contributed by atoms with Crippen LogP contribution in [-0.2, 0) is 24.4 Å². The summed E-state index contributed by atoms with van der Waals surface area (Å²) in [6.07, 6.45) is 3.92. The van der Waals surface area contributed by atoms with E-state index in [2.05, 4.69) is 76.6 Å². The Labute approximate surface area is 213 Å². The van der Waals surface area contributed by atoms with Crippen molar-refractivity contribution in [1.82, 2.24) is 14.8 Å². The molecule has 0 radical (unpaired) electrons. The van der Waals surface area contributed by atoms with E-state index in [0.29, 0.717) is 13.0 Å². The largest absolute Gasteiger partial charge is 0.489 e. The second-order valence-electron chi connectivity index (χ2n) is 9.19. The van der Waals surface area contributed by atoms with E-state index in [1.165, 1.54) is 16.7 Å². The van der Waals surface area contributed by atoms with Gasteiger partial charge in [-0.15, -0.1) is 0 Å². The summed E-state index contributed by atoms with van der Waals surface area (Å²) in [5.41, 5.74) is 5.76. The first kappa shape index (κ1) is 23.8. The Bertz CT molecular complexity index is 1250. The summed E-state index contributed by atoms with van der Waals surface area (Å²) >= 11 is 0. The van der Waals surface area contributed by atoms with Crippen LogP contribution < -0.4 is 4.74 Å². The Morgan fingerprint density at radius 2 is 1.50 bits per heavy atom. The van der Waals surface area contributed by atoms with Gasteiger partial charge in [-0.2, -0.15) is 0 Å². The molecule has 1 aliphatic heterocycles. The van der Waals surface area contributed by atoms with Gasteiger partial charge in [-0.25, -0.2) is 0 Å². The molecule has 1 aromatic heterocycles. The first-order valence-electron chi connectivity index (χ1n) is 12.5. The number of carbonyl (C=O) groups is 1. The lowest BCUT2D eigenvalue weighted by molar-refractivity contribution is -0.132. The summed E-state index contributed by atoms with van der Waals surface area (Å²) < 4.78 is 6.10. The smallest absolute Gasteiger partial charge is 0.227 e. The highest BCUT2D eigenvalue weighted by Gasteiger charge is 2.21. The Morgan fingerprint density at radius 3 is 2.25 bits per heavy atom. The van der Waals surface area contributed by atoms with Crippen molar-refractivity contribution < 1.29 is 9.53 Å². The molecule has 0 spiro atoms. The maximum Gasteiger partial charge on any atom is 0.227 e. The summed E-state index contributed by atoms with van der Waals surface area (Å²) in [6, 6.07) is 31.1. The van der Waals surface area contributed by atoms with Gasteiger partial charge in [0.15, 0.2) is 0 Å². The fourth-order valence-corrected chi connectivity index (χ4v) is 4.53. The minimum Gasteiger partial charge on any atom is -0.489 e. The zero-order valence-electron chi connectivity index (χ0n) is 20.4. The van der Waals surface area contributed by atoms with Gasteiger partial charge in [-0.3, -0.25) is 14.7 Å². The molecule has 0 bridgehead atoms. The molecule has 3 aromatic carbocycles. The topological polar surface area (TPSA) is 45.7 Å². The summed E-state index contributed by atoms with van der Waals surface area (Å²) in [4.78, 5) is 21.1. The highest BCUT2D eigenvalue weighted by atomic mass is 16.5. The summed E-state index contributed by atoms with van der Waals surface area (Å²) in [5.74, 6) is 1.06. The predicted molar refractivity (Wildman–Crippen MR) is 142 cm³/mol. The number of benzene rings is 3. The van der Waals surface area contributed by atoms with Crippen LogP contribution in [0.2, 0.25) is 0 Å². The Hall–Kier alpha value is -3.96. The average Bonchev–Trinajstić information content (AvgIpc) is 2.94. The van der Waals surface area contributed by atoms with Crippen LogP contribution in [0.25, 0.3) is 11.1 Å². The van der Waals surface area contributed by atoms with Gasteiger partial charge in [0.05, 0.1) is 6.42 Å². The van der Waals surface area contributed by atoms with Gasteiger partial charge < -0.3 is 9.64 Å². The normalized spacial score (nSPS) is 13.9. The zero-order valence-corrected chi connectivity index (χ0v) is 20.4. The number of carbonyl (C=O) groups excluding carboxylic acids is 1. The van der Waals surface area contributed by atoms with Crippen molar-refractivity contribution in [3.63, 3.8) is 0 Å². The SMILES string of the molecule is O=C(Cc1cccnc1)N1CCN(Cc2cccc(OCc3ccc(-c4ccccc4)cc3)c2)CC1. The molecule has 36 heavy (non-hydrogen) atoms.